The van der Waals surface area contributed by atoms with Crippen LogP contribution in [0.5, 0.6) is 0 Å². The molecule has 0 aromatic carbocycles. The Morgan fingerprint density at radius 3 is 2.82 bits per heavy atom. The molecule has 0 aromatic heterocycles. The van der Waals surface area contributed by atoms with E-state index in [1.54, 1.807) is 4.90 Å². The fourth-order valence-corrected chi connectivity index (χ4v) is 1.78. The second-order valence-electron chi connectivity index (χ2n) is 5.27. The average Bonchev–Trinajstić information content (AvgIpc) is 2.41. The van der Waals surface area contributed by atoms with Gasteiger partial charge in [-0.25, -0.2) is 4.79 Å². The van der Waals surface area contributed by atoms with E-state index in [-0.39, 0.29) is 18.7 Å². The number of aliphatic hydroxyl groups excluding tert-OH is 1. The molecule has 1 amide bonds. The summed E-state index contributed by atoms with van der Waals surface area (Å²) < 4.78 is 10.8. The molecule has 0 aliphatic carbocycles. The molecule has 100 valence electrons. The lowest BCUT2D eigenvalue weighted by molar-refractivity contribution is 0.00912. The van der Waals surface area contributed by atoms with Crippen molar-refractivity contribution in [1.82, 2.24) is 4.90 Å². The quantitative estimate of drug-likeness (QED) is 0.798. The van der Waals surface area contributed by atoms with Crippen LogP contribution in [0, 0.1) is 0 Å². The molecule has 0 saturated carbocycles. The van der Waals surface area contributed by atoms with Crippen molar-refractivity contribution in [2.75, 3.05) is 26.4 Å². The topological polar surface area (TPSA) is 59.0 Å². The highest BCUT2D eigenvalue weighted by molar-refractivity contribution is 5.68. The van der Waals surface area contributed by atoms with Gasteiger partial charge in [-0.3, -0.25) is 0 Å². The molecule has 0 bridgehead atoms. The van der Waals surface area contributed by atoms with Crippen molar-refractivity contribution in [3.63, 3.8) is 0 Å². The van der Waals surface area contributed by atoms with Gasteiger partial charge in [-0.15, -0.1) is 0 Å². The maximum absolute atomic E-state index is 12.0. The highest BCUT2D eigenvalue weighted by Gasteiger charge is 2.29. The molecule has 0 aromatic rings. The Morgan fingerprint density at radius 1 is 1.53 bits per heavy atom. The minimum absolute atomic E-state index is 0.0489. The molecule has 1 atom stereocenters. The zero-order valence-electron chi connectivity index (χ0n) is 10.9. The van der Waals surface area contributed by atoms with Crippen LogP contribution in [-0.2, 0) is 9.47 Å². The van der Waals surface area contributed by atoms with Crippen molar-refractivity contribution in [3.05, 3.63) is 0 Å². The Kier molecular flexibility index (Phi) is 5.21. The van der Waals surface area contributed by atoms with E-state index < -0.39 is 5.60 Å². The van der Waals surface area contributed by atoms with Crippen LogP contribution in [0.2, 0.25) is 0 Å². The summed E-state index contributed by atoms with van der Waals surface area (Å²) in [5, 5.41) is 9.01. The van der Waals surface area contributed by atoms with Crippen LogP contribution in [0.1, 0.15) is 33.6 Å². The van der Waals surface area contributed by atoms with Gasteiger partial charge in [-0.1, -0.05) is 0 Å². The van der Waals surface area contributed by atoms with Crippen molar-refractivity contribution < 1.29 is 19.4 Å². The first-order valence-corrected chi connectivity index (χ1v) is 6.12. The molecule has 0 spiro atoms. The lowest BCUT2D eigenvalue weighted by Gasteiger charge is -2.31. The van der Waals surface area contributed by atoms with E-state index in [1.807, 2.05) is 20.8 Å². The van der Waals surface area contributed by atoms with Crippen LogP contribution in [-0.4, -0.2) is 54.1 Å². The van der Waals surface area contributed by atoms with Crippen LogP contribution >= 0.6 is 0 Å². The summed E-state index contributed by atoms with van der Waals surface area (Å²) in [7, 11) is 0. The second-order valence-corrected chi connectivity index (χ2v) is 5.27. The molecule has 1 heterocycles. The van der Waals surface area contributed by atoms with Crippen molar-refractivity contribution >= 4 is 6.09 Å². The number of rotatable bonds is 2. The number of carbonyl (C=O) groups is 1. The monoisotopic (exact) mass is 245 g/mol. The lowest BCUT2D eigenvalue weighted by Crippen LogP contribution is -2.45. The standard InChI is InChI=1S/C12H23NO4/c1-12(2,3)17-11(15)13-6-4-8-16-9-10(13)5-7-14/h10,14H,4-9H2,1-3H3. The molecule has 1 fully saturated rings. The van der Waals surface area contributed by atoms with E-state index in [0.717, 1.165) is 6.42 Å². The summed E-state index contributed by atoms with van der Waals surface area (Å²) in [5.41, 5.74) is -0.492. The number of nitrogens with zero attached hydrogens (tertiary/aromatic N) is 1. The summed E-state index contributed by atoms with van der Waals surface area (Å²) in [5.74, 6) is 0. The zero-order valence-corrected chi connectivity index (χ0v) is 10.9. The van der Waals surface area contributed by atoms with Crippen LogP contribution in [0.15, 0.2) is 0 Å². The predicted molar refractivity (Wildman–Crippen MR) is 63.9 cm³/mol. The molecule has 1 aliphatic heterocycles. The van der Waals surface area contributed by atoms with Gasteiger partial charge in [-0.2, -0.15) is 0 Å². The number of aliphatic hydroxyl groups is 1. The normalized spacial score (nSPS) is 22.1. The Morgan fingerprint density at radius 2 is 2.24 bits per heavy atom. The van der Waals surface area contributed by atoms with Gasteiger partial charge in [-0.05, 0) is 33.6 Å². The summed E-state index contributed by atoms with van der Waals surface area (Å²) in [6.45, 7) is 7.34. The Bertz CT molecular complexity index is 249. The van der Waals surface area contributed by atoms with Gasteiger partial charge in [0.05, 0.1) is 12.6 Å². The van der Waals surface area contributed by atoms with Gasteiger partial charge in [0, 0.05) is 19.8 Å². The molecular formula is C12H23NO4. The molecular weight excluding hydrogens is 222 g/mol. The van der Waals surface area contributed by atoms with Gasteiger partial charge in [0.1, 0.15) is 5.60 Å². The third-order valence-corrected chi connectivity index (χ3v) is 2.53. The number of carbonyl (C=O) groups excluding carboxylic acids is 1. The first-order chi connectivity index (χ1) is 7.94. The van der Waals surface area contributed by atoms with E-state index in [4.69, 9.17) is 14.6 Å². The largest absolute Gasteiger partial charge is 0.444 e. The number of hydrogen-bond donors (Lipinski definition) is 1. The highest BCUT2D eigenvalue weighted by Crippen LogP contribution is 2.16. The van der Waals surface area contributed by atoms with E-state index in [0.29, 0.717) is 26.2 Å². The minimum Gasteiger partial charge on any atom is -0.444 e. The molecule has 5 heteroatoms. The maximum atomic E-state index is 12.0. The van der Waals surface area contributed by atoms with Crippen LogP contribution in [0.3, 0.4) is 0 Å². The fourth-order valence-electron chi connectivity index (χ4n) is 1.78. The molecule has 1 saturated heterocycles. The predicted octanol–water partition coefficient (Wildman–Crippen LogP) is 1.39. The van der Waals surface area contributed by atoms with Crippen LogP contribution in [0.25, 0.3) is 0 Å². The van der Waals surface area contributed by atoms with E-state index in [9.17, 15) is 4.79 Å². The molecule has 1 aliphatic rings. The summed E-state index contributed by atoms with van der Waals surface area (Å²) in [6, 6.07) is -0.0858. The smallest absolute Gasteiger partial charge is 0.410 e. The van der Waals surface area contributed by atoms with Gasteiger partial charge < -0.3 is 19.5 Å². The average molecular weight is 245 g/mol. The van der Waals surface area contributed by atoms with E-state index in [1.165, 1.54) is 0 Å². The minimum atomic E-state index is -0.492. The molecule has 1 unspecified atom stereocenters. The molecule has 17 heavy (non-hydrogen) atoms. The third kappa shape index (κ3) is 4.91. The Hall–Kier alpha value is -0.810. The van der Waals surface area contributed by atoms with Crippen LogP contribution in [0.4, 0.5) is 4.79 Å². The molecule has 1 N–H and O–H groups in total. The van der Waals surface area contributed by atoms with Crippen molar-refractivity contribution in [1.29, 1.82) is 0 Å². The first kappa shape index (κ1) is 14.3. The lowest BCUT2D eigenvalue weighted by atomic mass is 10.2. The molecule has 5 nitrogen and oxygen atoms in total. The molecule has 0 radical (unpaired) electrons. The van der Waals surface area contributed by atoms with Gasteiger partial charge in [0.25, 0.3) is 0 Å². The summed E-state index contributed by atoms with van der Waals surface area (Å²) in [4.78, 5) is 13.7. The van der Waals surface area contributed by atoms with Gasteiger partial charge in [0.2, 0.25) is 0 Å². The zero-order chi connectivity index (χ0) is 12.9. The molecule has 1 rings (SSSR count). The SMILES string of the molecule is CC(C)(C)OC(=O)N1CCCOCC1CCO. The second kappa shape index (κ2) is 6.21. The summed E-state index contributed by atoms with van der Waals surface area (Å²) >= 11 is 0. The van der Waals surface area contributed by atoms with E-state index in [2.05, 4.69) is 0 Å². The van der Waals surface area contributed by atoms with Gasteiger partial charge in [0.15, 0.2) is 0 Å². The van der Waals surface area contributed by atoms with Crippen molar-refractivity contribution in [3.8, 4) is 0 Å². The number of amides is 1. The summed E-state index contributed by atoms with van der Waals surface area (Å²) in [6.07, 6.45) is 1.02. The Balaban J connectivity index is 2.64. The number of ether oxygens (including phenoxy) is 2. The fraction of sp³-hybridized carbons (Fsp3) is 0.917. The van der Waals surface area contributed by atoms with Crippen molar-refractivity contribution in [2.24, 2.45) is 0 Å². The maximum Gasteiger partial charge on any atom is 0.410 e. The van der Waals surface area contributed by atoms with Gasteiger partial charge >= 0.3 is 6.09 Å². The van der Waals surface area contributed by atoms with Crippen LogP contribution < -0.4 is 0 Å². The highest BCUT2D eigenvalue weighted by atomic mass is 16.6. The number of hydrogen-bond acceptors (Lipinski definition) is 4. The Labute approximate surface area is 103 Å². The third-order valence-electron chi connectivity index (χ3n) is 2.53. The van der Waals surface area contributed by atoms with E-state index >= 15 is 0 Å². The first-order valence-electron chi connectivity index (χ1n) is 6.12. The van der Waals surface area contributed by atoms with Crippen molar-refractivity contribution in [2.45, 2.75) is 45.3 Å².